The van der Waals surface area contributed by atoms with Gasteiger partial charge < -0.3 is 21.5 Å². The van der Waals surface area contributed by atoms with Crippen molar-refractivity contribution >= 4 is 17.6 Å². The summed E-state index contributed by atoms with van der Waals surface area (Å²) >= 11 is 0. The molecule has 0 radical (unpaired) electrons. The number of anilines is 1. The summed E-state index contributed by atoms with van der Waals surface area (Å²) in [6.07, 6.45) is 0. The first kappa shape index (κ1) is 22.6. The summed E-state index contributed by atoms with van der Waals surface area (Å²) in [6, 6.07) is 22.0. The van der Waals surface area contributed by atoms with E-state index in [-0.39, 0.29) is 17.3 Å². The van der Waals surface area contributed by atoms with Gasteiger partial charge in [-0.25, -0.2) is 4.68 Å². The van der Waals surface area contributed by atoms with Gasteiger partial charge in [-0.2, -0.15) is 5.10 Å². The van der Waals surface area contributed by atoms with Crippen LogP contribution in [0.2, 0.25) is 0 Å². The van der Waals surface area contributed by atoms with Crippen molar-refractivity contribution < 1.29 is 14.3 Å². The van der Waals surface area contributed by atoms with Gasteiger partial charge in [0.15, 0.2) is 0 Å². The normalized spacial score (nSPS) is 10.6. The van der Waals surface area contributed by atoms with Crippen molar-refractivity contribution in [3.8, 4) is 22.7 Å². The fraction of sp³-hybridized carbons (Fsp3) is 0.115. The monoisotopic (exact) mass is 455 g/mol. The molecular weight excluding hydrogens is 430 g/mol. The summed E-state index contributed by atoms with van der Waals surface area (Å²) in [4.78, 5) is 24.7. The number of nitrogen functional groups attached to an aromatic ring is 1. The van der Waals surface area contributed by atoms with E-state index in [0.29, 0.717) is 29.1 Å². The number of primary amides is 1. The molecular formula is C26H25N5O3. The number of amides is 2. The van der Waals surface area contributed by atoms with E-state index in [2.05, 4.69) is 10.4 Å². The van der Waals surface area contributed by atoms with E-state index in [9.17, 15) is 9.59 Å². The van der Waals surface area contributed by atoms with Gasteiger partial charge in [-0.05, 0) is 36.2 Å². The summed E-state index contributed by atoms with van der Waals surface area (Å²) in [6.45, 7) is 2.26. The highest BCUT2D eigenvalue weighted by Crippen LogP contribution is 2.30. The Bertz CT molecular complexity index is 1360. The number of ether oxygens (including phenoxy) is 1. The molecule has 2 amide bonds. The minimum absolute atomic E-state index is 0.167. The van der Waals surface area contributed by atoms with Crippen molar-refractivity contribution in [2.75, 3.05) is 12.8 Å². The highest BCUT2D eigenvalue weighted by molar-refractivity contribution is 6.03. The molecule has 0 atom stereocenters. The van der Waals surface area contributed by atoms with Gasteiger partial charge in [0.1, 0.15) is 22.8 Å². The second-order valence-electron chi connectivity index (χ2n) is 7.75. The molecule has 0 saturated heterocycles. The molecule has 34 heavy (non-hydrogen) atoms. The smallest absolute Gasteiger partial charge is 0.255 e. The topological polar surface area (TPSA) is 125 Å². The number of aryl methyl sites for hydroxylation is 1. The van der Waals surface area contributed by atoms with Crippen molar-refractivity contribution in [2.24, 2.45) is 5.73 Å². The maximum absolute atomic E-state index is 12.5. The number of aromatic nitrogens is 2. The second kappa shape index (κ2) is 9.50. The lowest BCUT2D eigenvalue weighted by Gasteiger charge is -2.09. The molecule has 4 rings (SSSR count). The third-order valence-corrected chi connectivity index (χ3v) is 5.54. The van der Waals surface area contributed by atoms with Crippen LogP contribution >= 0.6 is 0 Å². The maximum atomic E-state index is 12.5. The molecule has 8 nitrogen and oxygen atoms in total. The molecule has 0 aliphatic carbocycles. The van der Waals surface area contributed by atoms with Gasteiger partial charge in [0.2, 0.25) is 0 Å². The van der Waals surface area contributed by atoms with E-state index in [1.54, 1.807) is 18.2 Å². The maximum Gasteiger partial charge on any atom is 0.255 e. The van der Waals surface area contributed by atoms with Crippen molar-refractivity contribution in [3.05, 3.63) is 95.1 Å². The van der Waals surface area contributed by atoms with Crippen molar-refractivity contribution in [1.82, 2.24) is 15.1 Å². The molecule has 0 bridgehead atoms. The number of rotatable bonds is 7. The third-order valence-electron chi connectivity index (χ3n) is 5.54. The minimum Gasteiger partial charge on any atom is -0.496 e. The van der Waals surface area contributed by atoms with E-state index in [0.717, 1.165) is 16.8 Å². The standard InChI is InChI=1S/C26H25N5O3/c1-16-7-3-5-9-20(16)31-24(27)22(25(28)32)23(30-31)18-13-11-17(12-14-18)15-29-26(33)19-8-4-6-10-21(19)34-2/h3-14H,15,27H2,1-2H3,(H2,28,32)(H,29,33). The summed E-state index contributed by atoms with van der Waals surface area (Å²) in [5.41, 5.74) is 16.2. The van der Waals surface area contributed by atoms with Crippen LogP contribution in [-0.4, -0.2) is 28.7 Å². The molecule has 1 aromatic heterocycles. The fourth-order valence-corrected chi connectivity index (χ4v) is 3.75. The summed E-state index contributed by atoms with van der Waals surface area (Å²) < 4.78 is 6.78. The van der Waals surface area contributed by atoms with E-state index >= 15 is 0 Å². The second-order valence-corrected chi connectivity index (χ2v) is 7.75. The SMILES string of the molecule is COc1ccccc1C(=O)NCc1ccc(-c2nn(-c3ccccc3C)c(N)c2C(N)=O)cc1. The quantitative estimate of drug-likeness (QED) is 0.393. The lowest BCUT2D eigenvalue weighted by Crippen LogP contribution is -2.23. The van der Waals surface area contributed by atoms with E-state index in [1.807, 2.05) is 61.5 Å². The Morgan fingerprint density at radius 1 is 1.00 bits per heavy atom. The van der Waals surface area contributed by atoms with Crippen LogP contribution in [0.3, 0.4) is 0 Å². The van der Waals surface area contributed by atoms with Crippen molar-refractivity contribution in [2.45, 2.75) is 13.5 Å². The average molecular weight is 456 g/mol. The molecule has 0 fully saturated rings. The van der Waals surface area contributed by atoms with E-state index < -0.39 is 5.91 Å². The highest BCUT2D eigenvalue weighted by atomic mass is 16.5. The summed E-state index contributed by atoms with van der Waals surface area (Å²) in [7, 11) is 1.53. The van der Waals surface area contributed by atoms with Gasteiger partial charge in [0.25, 0.3) is 11.8 Å². The van der Waals surface area contributed by atoms with E-state index in [4.69, 9.17) is 16.2 Å². The molecule has 1 heterocycles. The largest absolute Gasteiger partial charge is 0.496 e. The predicted molar refractivity (Wildman–Crippen MR) is 131 cm³/mol. The van der Waals surface area contributed by atoms with Gasteiger partial charge in [0.05, 0.1) is 18.4 Å². The number of nitrogens with one attached hydrogen (secondary N) is 1. The van der Waals surface area contributed by atoms with Crippen LogP contribution in [0.25, 0.3) is 16.9 Å². The van der Waals surface area contributed by atoms with Crippen molar-refractivity contribution in [1.29, 1.82) is 0 Å². The Labute approximate surface area is 197 Å². The van der Waals surface area contributed by atoms with Gasteiger partial charge in [-0.3, -0.25) is 9.59 Å². The molecule has 0 spiro atoms. The van der Waals surface area contributed by atoms with Crippen LogP contribution in [0.1, 0.15) is 31.8 Å². The van der Waals surface area contributed by atoms with Crippen LogP contribution in [0, 0.1) is 6.92 Å². The van der Waals surface area contributed by atoms with Crippen LogP contribution in [-0.2, 0) is 6.54 Å². The van der Waals surface area contributed by atoms with Crippen molar-refractivity contribution in [3.63, 3.8) is 0 Å². The van der Waals surface area contributed by atoms with Gasteiger partial charge in [0, 0.05) is 12.1 Å². The molecule has 5 N–H and O–H groups in total. The zero-order valence-electron chi connectivity index (χ0n) is 18.9. The lowest BCUT2D eigenvalue weighted by atomic mass is 10.0. The van der Waals surface area contributed by atoms with Crippen LogP contribution in [0.5, 0.6) is 5.75 Å². The number of hydrogen-bond acceptors (Lipinski definition) is 5. The molecule has 3 aromatic carbocycles. The number of para-hydroxylation sites is 2. The Morgan fingerprint density at radius 3 is 2.35 bits per heavy atom. The molecule has 0 unspecified atom stereocenters. The van der Waals surface area contributed by atoms with E-state index in [1.165, 1.54) is 11.8 Å². The average Bonchev–Trinajstić information content (AvgIpc) is 3.20. The minimum atomic E-state index is -0.652. The number of nitrogens with zero attached hydrogens (tertiary/aromatic N) is 2. The molecule has 0 aliphatic heterocycles. The Balaban J connectivity index is 1.58. The molecule has 0 saturated carbocycles. The number of hydrogen-bond donors (Lipinski definition) is 3. The molecule has 4 aromatic rings. The number of carbonyl (C=O) groups is 2. The van der Waals surface area contributed by atoms with Gasteiger partial charge in [-0.1, -0.05) is 54.6 Å². The first-order chi connectivity index (χ1) is 16.4. The zero-order chi connectivity index (χ0) is 24.2. The van der Waals surface area contributed by atoms with Crippen LogP contribution in [0.15, 0.2) is 72.8 Å². The number of benzene rings is 3. The lowest BCUT2D eigenvalue weighted by molar-refractivity contribution is 0.0946. The first-order valence-electron chi connectivity index (χ1n) is 10.7. The van der Waals surface area contributed by atoms with Gasteiger partial charge in [-0.15, -0.1) is 0 Å². The summed E-state index contributed by atoms with van der Waals surface area (Å²) in [5.74, 6) is -0.191. The zero-order valence-corrected chi connectivity index (χ0v) is 18.9. The highest BCUT2D eigenvalue weighted by Gasteiger charge is 2.23. The Hall–Kier alpha value is -4.59. The van der Waals surface area contributed by atoms with Crippen LogP contribution < -0.4 is 21.5 Å². The summed E-state index contributed by atoms with van der Waals surface area (Å²) in [5, 5.41) is 7.49. The Morgan fingerprint density at radius 2 is 1.68 bits per heavy atom. The number of nitrogens with two attached hydrogens (primary N) is 2. The number of carbonyl (C=O) groups excluding carboxylic acids is 2. The predicted octanol–water partition coefficient (Wildman–Crippen LogP) is 3.47. The number of methoxy groups -OCH3 is 1. The van der Waals surface area contributed by atoms with Crippen LogP contribution in [0.4, 0.5) is 5.82 Å². The third kappa shape index (κ3) is 4.33. The Kier molecular flexibility index (Phi) is 6.31. The molecule has 0 aliphatic rings. The molecule has 8 heteroatoms. The fourth-order valence-electron chi connectivity index (χ4n) is 3.75. The van der Waals surface area contributed by atoms with Gasteiger partial charge >= 0.3 is 0 Å². The first-order valence-corrected chi connectivity index (χ1v) is 10.7. The molecule has 172 valence electrons.